The maximum atomic E-state index is 13.2. The van der Waals surface area contributed by atoms with Gasteiger partial charge in [0.05, 0.1) is 25.6 Å². The molecule has 0 spiro atoms. The highest BCUT2D eigenvalue weighted by molar-refractivity contribution is 7.94. The number of ether oxygens (including phenoxy) is 1. The Balaban J connectivity index is 1.79. The number of carbonyl (C=O) groups excluding carboxylic acids is 1. The van der Waals surface area contributed by atoms with E-state index < -0.39 is 28.2 Å². The van der Waals surface area contributed by atoms with Gasteiger partial charge in [0.25, 0.3) is 0 Å². The van der Waals surface area contributed by atoms with Crippen LogP contribution in [0, 0.1) is 11.7 Å². The largest absolute Gasteiger partial charge is 0.598 e. The lowest BCUT2D eigenvalue weighted by Gasteiger charge is -2.26. The second-order valence-electron chi connectivity index (χ2n) is 6.55. The van der Waals surface area contributed by atoms with Gasteiger partial charge < -0.3 is 14.6 Å². The molecule has 8 heteroatoms. The van der Waals surface area contributed by atoms with Gasteiger partial charge in [-0.05, 0) is 36.2 Å². The highest BCUT2D eigenvalue weighted by Gasteiger charge is 2.44. The Morgan fingerprint density at radius 1 is 1.30 bits per heavy atom. The second-order valence-corrected chi connectivity index (χ2v) is 8.49. The van der Waals surface area contributed by atoms with E-state index in [0.717, 1.165) is 6.26 Å². The third kappa shape index (κ3) is 4.52. The van der Waals surface area contributed by atoms with E-state index in [-0.39, 0.29) is 12.5 Å². The first-order chi connectivity index (χ1) is 12.8. The maximum Gasteiger partial charge on any atom is 0.229 e. The predicted molar refractivity (Wildman–Crippen MR) is 100 cm³/mol. The first-order valence-electron chi connectivity index (χ1n) is 8.45. The lowest BCUT2D eigenvalue weighted by atomic mass is 9.99. The van der Waals surface area contributed by atoms with E-state index in [1.54, 1.807) is 36.4 Å². The van der Waals surface area contributed by atoms with E-state index in [1.165, 1.54) is 23.5 Å². The normalized spacial score (nSPS) is 22.2. The monoisotopic (exact) mass is 392 g/mol. The Bertz CT molecular complexity index is 868. The van der Waals surface area contributed by atoms with Gasteiger partial charge in [0, 0.05) is 11.8 Å². The molecule has 27 heavy (non-hydrogen) atoms. The zero-order chi connectivity index (χ0) is 19.6. The molecule has 1 aliphatic heterocycles. The Labute approximate surface area is 158 Å². The Morgan fingerprint density at radius 3 is 2.63 bits per heavy atom. The summed E-state index contributed by atoms with van der Waals surface area (Å²) in [6.45, 7) is 0.0800. The summed E-state index contributed by atoms with van der Waals surface area (Å²) in [5.74, 6) is -0.557. The number of rotatable bonds is 5. The Morgan fingerprint density at radius 2 is 2.00 bits per heavy atom. The van der Waals surface area contributed by atoms with Crippen molar-refractivity contribution in [1.82, 2.24) is 4.31 Å². The van der Waals surface area contributed by atoms with Gasteiger partial charge in [0.15, 0.2) is 0 Å². The quantitative estimate of drug-likeness (QED) is 0.793. The van der Waals surface area contributed by atoms with Crippen LogP contribution in [-0.4, -0.2) is 34.7 Å². The van der Waals surface area contributed by atoms with Crippen LogP contribution in [0.4, 0.5) is 10.1 Å². The molecule has 0 aromatic heterocycles. The SMILES string of the molecule is COc1cccc(NC(=O)[C@@H]2C[C@H](c3ccc(F)cc3)N([S+](C)(=O)[O-])C2)c1. The fraction of sp³-hybridized carbons (Fsp3) is 0.316. The molecule has 1 aliphatic rings. The summed E-state index contributed by atoms with van der Waals surface area (Å²) >= 11 is 0. The van der Waals surface area contributed by atoms with Crippen molar-refractivity contribution in [3.63, 3.8) is 0 Å². The Kier molecular flexibility index (Phi) is 5.59. The van der Waals surface area contributed by atoms with E-state index >= 15 is 0 Å². The van der Waals surface area contributed by atoms with Crippen molar-refractivity contribution in [2.45, 2.75) is 12.5 Å². The molecule has 3 rings (SSSR count). The van der Waals surface area contributed by atoms with Crippen LogP contribution in [-0.2, 0) is 19.4 Å². The topological polar surface area (TPSA) is 81.7 Å². The zero-order valence-corrected chi connectivity index (χ0v) is 15.9. The number of methoxy groups -OCH3 is 1. The lowest BCUT2D eigenvalue weighted by Crippen LogP contribution is -2.36. The molecule has 144 valence electrons. The zero-order valence-electron chi connectivity index (χ0n) is 15.1. The summed E-state index contributed by atoms with van der Waals surface area (Å²) in [5.41, 5.74) is 1.24. The highest BCUT2D eigenvalue weighted by Crippen LogP contribution is 2.39. The molecule has 3 atom stereocenters. The van der Waals surface area contributed by atoms with Gasteiger partial charge >= 0.3 is 0 Å². The van der Waals surface area contributed by atoms with E-state index in [1.807, 2.05) is 0 Å². The molecule has 2 aromatic carbocycles. The standard InChI is InChI=1S/C19H21FN2O4S/c1-26-17-5-3-4-16(11-17)21-19(23)14-10-18(22(12-14)27(2,24)25)13-6-8-15(20)9-7-13/h3-9,11,14,18H,10,12H2,1-2H3,(H-,21,23,24,25)/t14-,18-/m1/s1. The van der Waals surface area contributed by atoms with Crippen molar-refractivity contribution in [2.24, 2.45) is 5.92 Å². The van der Waals surface area contributed by atoms with Crippen LogP contribution in [0.15, 0.2) is 48.5 Å². The van der Waals surface area contributed by atoms with Crippen molar-refractivity contribution in [2.75, 3.05) is 25.2 Å². The summed E-state index contributed by atoms with van der Waals surface area (Å²) in [6, 6.07) is 12.1. The third-order valence-corrected chi connectivity index (χ3v) is 5.90. The summed E-state index contributed by atoms with van der Waals surface area (Å²) in [4.78, 5) is 12.7. The van der Waals surface area contributed by atoms with E-state index in [9.17, 15) is 17.9 Å². The van der Waals surface area contributed by atoms with Crippen molar-refractivity contribution >= 4 is 22.0 Å². The van der Waals surface area contributed by atoms with Crippen molar-refractivity contribution in [3.05, 3.63) is 59.9 Å². The molecule has 1 heterocycles. The predicted octanol–water partition coefficient (Wildman–Crippen LogP) is 3.01. The second kappa shape index (κ2) is 7.75. The van der Waals surface area contributed by atoms with Crippen LogP contribution >= 0.6 is 0 Å². The number of anilines is 1. The number of hydrogen-bond donors (Lipinski definition) is 1. The number of nitrogens with zero attached hydrogens (tertiary/aromatic N) is 1. The maximum absolute atomic E-state index is 13.2. The smallest absolute Gasteiger partial charge is 0.229 e. The van der Waals surface area contributed by atoms with Gasteiger partial charge in [0.2, 0.25) is 5.91 Å². The first-order valence-corrected chi connectivity index (χ1v) is 10.3. The number of nitrogens with one attached hydrogen (secondary N) is 1. The molecule has 1 saturated heterocycles. The molecule has 1 fully saturated rings. The number of carbonyl (C=O) groups is 1. The molecule has 1 unspecified atom stereocenters. The molecular formula is C19H21FN2O4S. The fourth-order valence-corrected chi connectivity index (χ4v) is 4.42. The molecule has 6 nitrogen and oxygen atoms in total. The summed E-state index contributed by atoms with van der Waals surface area (Å²) in [6.07, 6.45) is 1.44. The van der Waals surface area contributed by atoms with E-state index in [2.05, 4.69) is 5.32 Å². The molecule has 1 amide bonds. The van der Waals surface area contributed by atoms with Gasteiger partial charge in [-0.15, -0.1) is 4.31 Å². The minimum absolute atomic E-state index is 0.0800. The average molecular weight is 392 g/mol. The molecule has 0 aliphatic carbocycles. The van der Waals surface area contributed by atoms with Crippen LogP contribution in [0.2, 0.25) is 0 Å². The van der Waals surface area contributed by atoms with Crippen molar-refractivity contribution < 1.29 is 22.7 Å². The van der Waals surface area contributed by atoms with Gasteiger partial charge in [0.1, 0.15) is 28.2 Å². The molecule has 1 N–H and O–H groups in total. The number of amides is 1. The molecule has 2 aromatic rings. The summed E-state index contributed by atoms with van der Waals surface area (Å²) in [5, 5.41) is 2.81. The average Bonchev–Trinajstić information content (AvgIpc) is 3.08. The molecule has 0 saturated carbocycles. The number of hydrogen-bond acceptors (Lipinski definition) is 4. The summed E-state index contributed by atoms with van der Waals surface area (Å²) in [7, 11) is -1.98. The number of sulfonamides is 1. The van der Waals surface area contributed by atoms with Gasteiger partial charge in [-0.1, -0.05) is 22.4 Å². The van der Waals surface area contributed by atoms with Gasteiger partial charge in [-0.25, -0.2) is 4.39 Å². The molecule has 0 bridgehead atoms. The highest BCUT2D eigenvalue weighted by atomic mass is 32.3. The van der Waals surface area contributed by atoms with E-state index in [0.29, 0.717) is 23.4 Å². The fourth-order valence-electron chi connectivity index (χ4n) is 3.29. The van der Waals surface area contributed by atoms with Gasteiger partial charge in [-0.2, -0.15) is 0 Å². The van der Waals surface area contributed by atoms with Crippen LogP contribution in [0.1, 0.15) is 18.0 Å². The van der Waals surface area contributed by atoms with Crippen LogP contribution in [0.3, 0.4) is 0 Å². The van der Waals surface area contributed by atoms with Crippen LogP contribution in [0.5, 0.6) is 5.75 Å². The van der Waals surface area contributed by atoms with Crippen LogP contribution < -0.4 is 10.1 Å². The minimum Gasteiger partial charge on any atom is -0.598 e. The molecule has 0 radical (unpaired) electrons. The Hall–Kier alpha value is -2.29. The third-order valence-electron chi connectivity index (χ3n) is 4.64. The van der Waals surface area contributed by atoms with E-state index in [4.69, 9.17) is 4.74 Å². The lowest BCUT2D eigenvalue weighted by molar-refractivity contribution is -0.119. The van der Waals surface area contributed by atoms with Gasteiger partial charge in [-0.3, -0.25) is 4.79 Å². The number of halogens is 1. The van der Waals surface area contributed by atoms with Crippen LogP contribution in [0.25, 0.3) is 0 Å². The molecular weight excluding hydrogens is 371 g/mol. The minimum atomic E-state index is -3.52. The van der Waals surface area contributed by atoms with Crippen molar-refractivity contribution in [3.8, 4) is 5.75 Å². The number of benzene rings is 2. The first kappa shape index (κ1) is 19.5. The summed E-state index contributed by atoms with van der Waals surface area (Å²) < 4.78 is 44.0. The van der Waals surface area contributed by atoms with Crippen molar-refractivity contribution in [1.29, 1.82) is 0 Å².